The van der Waals surface area contributed by atoms with Gasteiger partial charge in [0.05, 0.1) is 17.7 Å². The SMILES string of the molecule is Nc1ncccc1Cn1ccc(=O)c([N+](=O)[O-])c1. The molecule has 0 aromatic carbocycles. The van der Waals surface area contributed by atoms with E-state index in [1.807, 2.05) is 0 Å². The minimum absolute atomic E-state index is 0.320. The second-order valence-electron chi connectivity index (χ2n) is 3.67. The first-order chi connectivity index (χ1) is 8.58. The van der Waals surface area contributed by atoms with Crippen LogP contribution in [0.25, 0.3) is 0 Å². The summed E-state index contributed by atoms with van der Waals surface area (Å²) < 4.78 is 1.52. The van der Waals surface area contributed by atoms with E-state index in [2.05, 4.69) is 4.98 Å². The molecular formula is C11H10N4O3. The van der Waals surface area contributed by atoms with Crippen molar-refractivity contribution in [3.63, 3.8) is 0 Å². The number of nitrogens with zero attached hydrogens (tertiary/aromatic N) is 3. The van der Waals surface area contributed by atoms with E-state index in [1.54, 1.807) is 18.3 Å². The van der Waals surface area contributed by atoms with Crippen LogP contribution in [0.3, 0.4) is 0 Å². The minimum Gasteiger partial charge on any atom is -0.383 e. The molecule has 2 rings (SSSR count). The Kier molecular flexibility index (Phi) is 3.05. The maximum absolute atomic E-state index is 11.2. The standard InChI is InChI=1S/C11H10N4O3/c12-11-8(2-1-4-13-11)6-14-5-3-10(16)9(7-14)15(17)18/h1-5,7H,6H2,(H2,12,13). The largest absolute Gasteiger partial charge is 0.383 e. The van der Waals surface area contributed by atoms with Gasteiger partial charge in [-0.05, 0) is 6.07 Å². The predicted molar refractivity (Wildman–Crippen MR) is 65.1 cm³/mol. The lowest BCUT2D eigenvalue weighted by molar-refractivity contribution is -0.386. The van der Waals surface area contributed by atoms with Crippen molar-refractivity contribution in [1.29, 1.82) is 0 Å². The Labute approximate surface area is 102 Å². The number of hydrogen-bond donors (Lipinski definition) is 1. The number of nitrogen functional groups attached to an aromatic ring is 1. The number of aromatic nitrogens is 2. The number of nitrogens with two attached hydrogens (primary N) is 1. The summed E-state index contributed by atoms with van der Waals surface area (Å²) in [6, 6.07) is 4.65. The summed E-state index contributed by atoms with van der Waals surface area (Å²) in [5.41, 5.74) is 5.33. The molecule has 0 saturated heterocycles. The summed E-state index contributed by atoms with van der Waals surface area (Å²) in [6.45, 7) is 0.320. The van der Waals surface area contributed by atoms with Gasteiger partial charge in [0.15, 0.2) is 0 Å². The minimum atomic E-state index is -0.703. The first-order valence-electron chi connectivity index (χ1n) is 5.12. The molecule has 0 fully saturated rings. The van der Waals surface area contributed by atoms with Gasteiger partial charge in [-0.3, -0.25) is 14.9 Å². The van der Waals surface area contributed by atoms with Crippen LogP contribution in [-0.2, 0) is 6.54 Å². The molecule has 0 saturated carbocycles. The van der Waals surface area contributed by atoms with Crippen LogP contribution in [-0.4, -0.2) is 14.5 Å². The summed E-state index contributed by atoms with van der Waals surface area (Å²) >= 11 is 0. The van der Waals surface area contributed by atoms with Crippen LogP contribution in [0.4, 0.5) is 11.5 Å². The van der Waals surface area contributed by atoms with Gasteiger partial charge in [0, 0.05) is 24.0 Å². The van der Waals surface area contributed by atoms with Gasteiger partial charge in [-0.2, -0.15) is 0 Å². The molecule has 0 aliphatic rings. The fraction of sp³-hybridized carbons (Fsp3) is 0.0909. The number of pyridine rings is 2. The number of hydrogen-bond acceptors (Lipinski definition) is 5. The van der Waals surface area contributed by atoms with E-state index in [-0.39, 0.29) is 0 Å². The molecule has 2 heterocycles. The molecule has 0 aliphatic heterocycles. The van der Waals surface area contributed by atoms with Gasteiger partial charge < -0.3 is 10.3 Å². The van der Waals surface area contributed by atoms with Crippen LogP contribution in [0.15, 0.2) is 41.6 Å². The zero-order chi connectivity index (χ0) is 13.1. The van der Waals surface area contributed by atoms with Gasteiger partial charge in [0.2, 0.25) is 0 Å². The number of anilines is 1. The third-order valence-corrected chi connectivity index (χ3v) is 2.43. The van der Waals surface area contributed by atoms with Crippen molar-refractivity contribution < 1.29 is 4.92 Å². The van der Waals surface area contributed by atoms with E-state index in [9.17, 15) is 14.9 Å². The molecule has 0 aliphatic carbocycles. The molecule has 92 valence electrons. The molecule has 2 aromatic heterocycles. The summed E-state index contributed by atoms with van der Waals surface area (Å²) in [6.07, 6.45) is 4.23. The molecule has 0 unspecified atom stereocenters. The van der Waals surface area contributed by atoms with Crippen LogP contribution < -0.4 is 11.2 Å². The van der Waals surface area contributed by atoms with Gasteiger partial charge in [0.1, 0.15) is 5.82 Å². The fourth-order valence-corrected chi connectivity index (χ4v) is 1.53. The molecule has 2 N–H and O–H groups in total. The molecule has 0 bridgehead atoms. The van der Waals surface area contributed by atoms with Crippen LogP contribution in [0.5, 0.6) is 0 Å². The third-order valence-electron chi connectivity index (χ3n) is 2.43. The zero-order valence-electron chi connectivity index (χ0n) is 9.31. The maximum atomic E-state index is 11.2. The normalized spacial score (nSPS) is 10.2. The Bertz CT molecular complexity index is 651. The van der Waals surface area contributed by atoms with Crippen molar-refractivity contribution in [3.05, 3.63) is 62.7 Å². The summed E-state index contributed by atoms with van der Waals surface area (Å²) in [7, 11) is 0. The van der Waals surface area contributed by atoms with E-state index in [1.165, 1.54) is 17.0 Å². The van der Waals surface area contributed by atoms with Gasteiger partial charge in [-0.1, -0.05) is 6.07 Å². The van der Waals surface area contributed by atoms with E-state index in [4.69, 9.17) is 5.73 Å². The quantitative estimate of drug-likeness (QED) is 0.636. The second-order valence-corrected chi connectivity index (χ2v) is 3.67. The molecule has 0 spiro atoms. The van der Waals surface area contributed by atoms with Crippen molar-refractivity contribution >= 4 is 11.5 Å². The Morgan fingerprint density at radius 1 is 1.44 bits per heavy atom. The first-order valence-corrected chi connectivity index (χ1v) is 5.12. The van der Waals surface area contributed by atoms with Gasteiger partial charge in [-0.25, -0.2) is 4.98 Å². The summed E-state index contributed by atoms with van der Waals surface area (Å²) in [5, 5.41) is 10.6. The van der Waals surface area contributed by atoms with Gasteiger partial charge >= 0.3 is 5.69 Å². The zero-order valence-corrected chi connectivity index (χ0v) is 9.31. The highest BCUT2D eigenvalue weighted by atomic mass is 16.6. The van der Waals surface area contributed by atoms with Crippen molar-refractivity contribution in [2.75, 3.05) is 5.73 Å². The molecule has 0 amide bonds. The molecule has 7 heteroatoms. The average molecular weight is 246 g/mol. The molecule has 18 heavy (non-hydrogen) atoms. The van der Waals surface area contributed by atoms with Crippen LogP contribution >= 0.6 is 0 Å². The highest BCUT2D eigenvalue weighted by Crippen LogP contribution is 2.10. The lowest BCUT2D eigenvalue weighted by Crippen LogP contribution is -2.12. The second kappa shape index (κ2) is 4.66. The Hall–Kier alpha value is -2.70. The molecule has 7 nitrogen and oxygen atoms in total. The summed E-state index contributed by atoms with van der Waals surface area (Å²) in [4.78, 5) is 25.1. The fourth-order valence-electron chi connectivity index (χ4n) is 1.53. The predicted octanol–water partition coefficient (Wildman–Crippen LogP) is 0.782. The van der Waals surface area contributed by atoms with E-state index in [0.717, 1.165) is 11.6 Å². The van der Waals surface area contributed by atoms with Crippen LogP contribution in [0.2, 0.25) is 0 Å². The highest BCUT2D eigenvalue weighted by molar-refractivity contribution is 5.38. The van der Waals surface area contributed by atoms with Crippen molar-refractivity contribution in [2.45, 2.75) is 6.54 Å². The number of rotatable bonds is 3. The lowest BCUT2D eigenvalue weighted by atomic mass is 10.2. The first kappa shape index (κ1) is 11.8. The van der Waals surface area contributed by atoms with Crippen molar-refractivity contribution in [3.8, 4) is 0 Å². The van der Waals surface area contributed by atoms with Crippen LogP contribution in [0, 0.1) is 10.1 Å². The lowest BCUT2D eigenvalue weighted by Gasteiger charge is -2.07. The molecule has 0 radical (unpaired) electrons. The Morgan fingerprint density at radius 2 is 2.22 bits per heavy atom. The molecule has 0 atom stereocenters. The number of nitro groups is 1. The molecular weight excluding hydrogens is 236 g/mol. The summed E-state index contributed by atoms with van der Waals surface area (Å²) in [5.74, 6) is 0.360. The highest BCUT2D eigenvalue weighted by Gasteiger charge is 2.12. The van der Waals surface area contributed by atoms with E-state index < -0.39 is 16.0 Å². The van der Waals surface area contributed by atoms with E-state index in [0.29, 0.717) is 12.4 Å². The van der Waals surface area contributed by atoms with Crippen LogP contribution in [0.1, 0.15) is 5.56 Å². The molecule has 2 aromatic rings. The van der Waals surface area contributed by atoms with Crippen molar-refractivity contribution in [2.24, 2.45) is 0 Å². The third kappa shape index (κ3) is 2.34. The Balaban J connectivity index is 2.36. The van der Waals surface area contributed by atoms with E-state index >= 15 is 0 Å². The maximum Gasteiger partial charge on any atom is 0.332 e. The van der Waals surface area contributed by atoms with Gasteiger partial charge in [-0.15, -0.1) is 0 Å². The smallest absolute Gasteiger partial charge is 0.332 e. The van der Waals surface area contributed by atoms with Crippen molar-refractivity contribution in [1.82, 2.24) is 9.55 Å². The monoisotopic (exact) mass is 246 g/mol. The van der Waals surface area contributed by atoms with Gasteiger partial charge in [0.25, 0.3) is 5.43 Å². The Morgan fingerprint density at radius 3 is 2.89 bits per heavy atom. The average Bonchev–Trinajstić information content (AvgIpc) is 2.34. The topological polar surface area (TPSA) is 104 Å².